The maximum absolute atomic E-state index is 11.6. The quantitative estimate of drug-likeness (QED) is 0.258. The third-order valence-electron chi connectivity index (χ3n) is 7.97. The Labute approximate surface area is 248 Å². The van der Waals surface area contributed by atoms with Gasteiger partial charge in [0, 0.05) is 25.8 Å². The summed E-state index contributed by atoms with van der Waals surface area (Å²) in [6.07, 6.45) is 7.67. The van der Waals surface area contributed by atoms with Gasteiger partial charge in [0.2, 0.25) is 5.88 Å². The zero-order valence-corrected chi connectivity index (χ0v) is 23.5. The molecule has 2 aromatic carbocycles. The fourth-order valence-corrected chi connectivity index (χ4v) is 5.47. The van der Waals surface area contributed by atoms with E-state index in [0.717, 1.165) is 66.3 Å². The van der Waals surface area contributed by atoms with Crippen LogP contribution in [0.25, 0.3) is 22.3 Å². The number of hydrogen-bond acceptors (Lipinski definition) is 8. The zero-order chi connectivity index (χ0) is 29.2. The monoisotopic (exact) mass is 577 g/mol. The largest absolute Gasteiger partial charge is 0.478 e. The van der Waals surface area contributed by atoms with Crippen molar-refractivity contribution in [2.75, 3.05) is 19.7 Å². The Morgan fingerprint density at radius 2 is 1.98 bits per heavy atom. The van der Waals surface area contributed by atoms with Crippen molar-refractivity contribution in [3.8, 4) is 11.6 Å². The van der Waals surface area contributed by atoms with Gasteiger partial charge in [-0.05, 0) is 60.4 Å². The highest BCUT2D eigenvalue weighted by molar-refractivity contribution is 5.92. The first-order valence-corrected chi connectivity index (χ1v) is 14.4. The van der Waals surface area contributed by atoms with Gasteiger partial charge >= 0.3 is 5.97 Å². The van der Waals surface area contributed by atoms with Crippen LogP contribution in [0.5, 0.6) is 5.88 Å². The molecule has 0 saturated carbocycles. The normalized spacial score (nSPS) is 17.0. The van der Waals surface area contributed by atoms with Crippen molar-refractivity contribution < 1.29 is 19.4 Å². The molecule has 0 bridgehead atoms. The van der Waals surface area contributed by atoms with E-state index in [0.29, 0.717) is 25.6 Å². The van der Waals surface area contributed by atoms with Crippen LogP contribution in [0, 0.1) is 0 Å². The predicted octanol–water partition coefficient (Wildman–Crippen LogP) is 4.37. The summed E-state index contributed by atoms with van der Waals surface area (Å²) in [7, 11) is 0. The Kier molecular flexibility index (Phi) is 7.40. The first-order chi connectivity index (χ1) is 21.1. The lowest BCUT2D eigenvalue weighted by Crippen LogP contribution is -2.33. The van der Waals surface area contributed by atoms with Gasteiger partial charge in [0.1, 0.15) is 12.4 Å². The highest BCUT2D eigenvalue weighted by Crippen LogP contribution is 2.26. The van der Waals surface area contributed by atoms with Crippen LogP contribution in [0.2, 0.25) is 0 Å². The number of hydrogen-bond donors (Lipinski definition) is 1. The van der Waals surface area contributed by atoms with Gasteiger partial charge < -0.3 is 19.1 Å². The highest BCUT2D eigenvalue weighted by atomic mass is 16.5. The minimum absolute atomic E-state index is 0.136. The Bertz CT molecular complexity index is 1780. The van der Waals surface area contributed by atoms with Crippen LogP contribution in [0.4, 0.5) is 0 Å². The number of aromatic carboxylic acids is 1. The number of carbonyl (C=O) groups is 1. The number of fused-ring (bicyclic) bond motifs is 1. The lowest BCUT2D eigenvalue weighted by Gasteiger charge is -2.29. The minimum atomic E-state index is -0.939. The summed E-state index contributed by atoms with van der Waals surface area (Å²) in [5, 5.41) is 17.4. The molecule has 0 amide bonds. The molecule has 11 heteroatoms. The van der Waals surface area contributed by atoms with E-state index in [-0.39, 0.29) is 11.7 Å². The lowest BCUT2D eigenvalue weighted by molar-refractivity contribution is -0.0591. The predicted molar refractivity (Wildman–Crippen MR) is 159 cm³/mol. The Morgan fingerprint density at radius 1 is 1.09 bits per heavy atom. The van der Waals surface area contributed by atoms with Gasteiger partial charge in [-0.15, -0.1) is 5.10 Å². The number of ether oxygens (including phenoxy) is 2. The van der Waals surface area contributed by atoms with Gasteiger partial charge in [0.25, 0.3) is 0 Å². The molecule has 0 aliphatic carbocycles. The molecular formula is C32H31N7O4. The smallest absolute Gasteiger partial charge is 0.335 e. The van der Waals surface area contributed by atoms with Gasteiger partial charge in [0.15, 0.2) is 0 Å². The maximum Gasteiger partial charge on any atom is 0.335 e. The van der Waals surface area contributed by atoms with Gasteiger partial charge in [-0.3, -0.25) is 4.90 Å². The average molecular weight is 578 g/mol. The summed E-state index contributed by atoms with van der Waals surface area (Å²) in [5.41, 5.74) is 6.01. The van der Waals surface area contributed by atoms with Gasteiger partial charge in [-0.2, -0.15) is 0 Å². The molecule has 0 unspecified atom stereocenters. The van der Waals surface area contributed by atoms with Crippen LogP contribution in [0.15, 0.2) is 79.1 Å². The molecule has 3 aromatic heterocycles. The second-order valence-electron chi connectivity index (χ2n) is 10.8. The zero-order valence-electron chi connectivity index (χ0n) is 23.5. The Hall–Kier alpha value is -4.87. The SMILES string of the molecule is O=C(O)c1ccc2nc(CN3CC=C(c4cccc(OCc5ccc(-n6ccnn6)cc5)n4)CC3)n(C[C@@H]3CCO3)c2c1. The standard InChI is InChI=1S/C32H31N7O4/c40-32(41)24-6-9-28-29(18-24)38(19-26-12-17-42-26)30(34-28)20-37-14-10-23(11-15-37)27-2-1-3-31(35-27)43-21-22-4-7-25(8-5-22)39-16-13-33-36-39/h1-10,13,16,18,26H,11-12,14-15,17,19-21H2,(H,40,41)/t26-/m0/s1. The Balaban J connectivity index is 1.01. The van der Waals surface area contributed by atoms with Crippen LogP contribution in [0.1, 0.15) is 40.3 Å². The second kappa shape index (κ2) is 11.8. The van der Waals surface area contributed by atoms with Crippen molar-refractivity contribution in [3.05, 3.63) is 102 Å². The summed E-state index contributed by atoms with van der Waals surface area (Å²) in [5.74, 6) is 0.576. The fourth-order valence-electron chi connectivity index (χ4n) is 5.47. The van der Waals surface area contributed by atoms with E-state index in [2.05, 4.69) is 25.9 Å². The van der Waals surface area contributed by atoms with Gasteiger partial charge in [-0.25, -0.2) is 19.4 Å². The van der Waals surface area contributed by atoms with Crippen molar-refractivity contribution in [3.63, 3.8) is 0 Å². The molecule has 1 saturated heterocycles. The van der Waals surface area contributed by atoms with E-state index in [1.165, 1.54) is 5.57 Å². The second-order valence-corrected chi connectivity index (χ2v) is 10.8. The number of imidazole rings is 1. The minimum Gasteiger partial charge on any atom is -0.478 e. The first-order valence-electron chi connectivity index (χ1n) is 14.4. The molecule has 218 valence electrons. The van der Waals surface area contributed by atoms with Crippen LogP contribution in [-0.4, -0.2) is 71.3 Å². The van der Waals surface area contributed by atoms with Gasteiger partial charge in [-0.1, -0.05) is 29.5 Å². The molecule has 0 radical (unpaired) electrons. The molecule has 1 N–H and O–H groups in total. The van der Waals surface area contributed by atoms with E-state index in [4.69, 9.17) is 19.4 Å². The van der Waals surface area contributed by atoms with Crippen LogP contribution in [0.3, 0.4) is 0 Å². The number of benzene rings is 2. The van der Waals surface area contributed by atoms with E-state index in [1.54, 1.807) is 35.3 Å². The average Bonchev–Trinajstić information content (AvgIpc) is 3.67. The van der Waals surface area contributed by atoms with Crippen LogP contribution in [-0.2, 0) is 24.4 Å². The number of pyridine rings is 1. The third kappa shape index (κ3) is 5.90. The van der Waals surface area contributed by atoms with Crippen molar-refractivity contribution in [1.29, 1.82) is 0 Å². The van der Waals surface area contributed by atoms with E-state index >= 15 is 0 Å². The molecule has 7 rings (SSSR count). The summed E-state index contributed by atoms with van der Waals surface area (Å²) in [4.78, 5) is 23.6. The molecule has 2 aliphatic heterocycles. The van der Waals surface area contributed by atoms with Crippen molar-refractivity contribution in [2.45, 2.75) is 38.6 Å². The Morgan fingerprint density at radius 3 is 2.70 bits per heavy atom. The molecule has 1 atom stereocenters. The van der Waals surface area contributed by atoms with Crippen LogP contribution >= 0.6 is 0 Å². The summed E-state index contributed by atoms with van der Waals surface area (Å²) < 4.78 is 15.6. The van der Waals surface area contributed by atoms with Crippen molar-refractivity contribution in [2.24, 2.45) is 0 Å². The van der Waals surface area contributed by atoms with Crippen molar-refractivity contribution >= 4 is 22.6 Å². The molecule has 5 aromatic rings. The molecule has 1 fully saturated rings. The highest BCUT2D eigenvalue weighted by Gasteiger charge is 2.24. The van der Waals surface area contributed by atoms with Crippen molar-refractivity contribution in [1.82, 2.24) is 34.4 Å². The summed E-state index contributed by atoms with van der Waals surface area (Å²) in [6, 6.07) is 19.0. The number of carboxylic acid groups (broad SMARTS) is 1. The summed E-state index contributed by atoms with van der Waals surface area (Å²) in [6.45, 7) is 4.16. The van der Waals surface area contributed by atoms with Crippen LogP contribution < -0.4 is 4.74 Å². The summed E-state index contributed by atoms with van der Waals surface area (Å²) >= 11 is 0. The number of rotatable bonds is 10. The molecule has 43 heavy (non-hydrogen) atoms. The van der Waals surface area contributed by atoms with E-state index in [1.807, 2.05) is 42.5 Å². The number of carboxylic acids is 1. The van der Waals surface area contributed by atoms with E-state index in [9.17, 15) is 9.90 Å². The first kappa shape index (κ1) is 27.0. The lowest BCUT2D eigenvalue weighted by atomic mass is 10.0. The molecule has 0 spiro atoms. The number of aromatic nitrogens is 6. The molecular weight excluding hydrogens is 546 g/mol. The third-order valence-corrected chi connectivity index (χ3v) is 7.97. The fraction of sp³-hybridized carbons (Fsp3) is 0.281. The molecule has 11 nitrogen and oxygen atoms in total. The van der Waals surface area contributed by atoms with E-state index < -0.39 is 5.97 Å². The maximum atomic E-state index is 11.6. The molecule has 2 aliphatic rings. The molecule has 5 heterocycles. The number of nitrogens with zero attached hydrogens (tertiary/aromatic N) is 7. The van der Waals surface area contributed by atoms with Gasteiger partial charge in [0.05, 0.1) is 59.6 Å². The topological polar surface area (TPSA) is 120 Å².